The molecular weight excluding hydrogens is 290 g/mol. The molecule has 0 bridgehead atoms. The van der Waals surface area contributed by atoms with Gasteiger partial charge in [0.15, 0.2) is 0 Å². The average Bonchev–Trinajstić information content (AvgIpc) is 3.05. The Bertz CT molecular complexity index is 700. The van der Waals surface area contributed by atoms with Crippen molar-refractivity contribution in [2.24, 2.45) is 0 Å². The second-order valence-electron chi connectivity index (χ2n) is 5.69. The van der Waals surface area contributed by atoms with Gasteiger partial charge < -0.3 is 10.1 Å². The predicted molar refractivity (Wildman–Crippen MR) is 88.9 cm³/mol. The Kier molecular flexibility index (Phi) is 4.86. The first-order chi connectivity index (χ1) is 11.3. The minimum atomic E-state index is -0.168. The molecule has 120 valence electrons. The predicted octanol–water partition coefficient (Wildman–Crippen LogP) is 3.40. The third kappa shape index (κ3) is 3.67. The third-order valence-corrected chi connectivity index (χ3v) is 3.97. The van der Waals surface area contributed by atoms with Crippen LogP contribution in [0.25, 0.3) is 0 Å². The van der Waals surface area contributed by atoms with Gasteiger partial charge in [0.1, 0.15) is 17.9 Å². The molecule has 3 rings (SSSR count). The number of ether oxygens (including phenoxy) is 1. The summed E-state index contributed by atoms with van der Waals surface area (Å²) >= 11 is 0. The highest BCUT2D eigenvalue weighted by Crippen LogP contribution is 2.25. The zero-order valence-electron chi connectivity index (χ0n) is 13.3. The van der Waals surface area contributed by atoms with E-state index in [-0.39, 0.29) is 5.91 Å². The van der Waals surface area contributed by atoms with Gasteiger partial charge in [-0.1, -0.05) is 19.4 Å². The summed E-state index contributed by atoms with van der Waals surface area (Å²) in [7, 11) is 0. The maximum Gasteiger partial charge on any atom is 0.256 e. The highest BCUT2D eigenvalue weighted by Gasteiger charge is 2.19. The summed E-state index contributed by atoms with van der Waals surface area (Å²) in [6.07, 6.45) is 6.55. The Morgan fingerprint density at radius 2 is 2.22 bits per heavy atom. The number of hydrogen-bond acceptors (Lipinski definition) is 4. The van der Waals surface area contributed by atoms with Gasteiger partial charge in [-0.2, -0.15) is 0 Å². The van der Waals surface area contributed by atoms with Crippen LogP contribution in [-0.2, 0) is 12.8 Å². The third-order valence-electron chi connectivity index (χ3n) is 3.97. The van der Waals surface area contributed by atoms with Gasteiger partial charge in [0.2, 0.25) is 0 Å². The van der Waals surface area contributed by atoms with E-state index in [1.165, 1.54) is 6.33 Å². The number of unbranched alkanes of at least 4 members (excludes halogenated alkanes) is 1. The summed E-state index contributed by atoms with van der Waals surface area (Å²) < 4.78 is 5.66. The smallest absolute Gasteiger partial charge is 0.256 e. The topological polar surface area (TPSA) is 64.1 Å². The van der Waals surface area contributed by atoms with Gasteiger partial charge in [-0.25, -0.2) is 9.97 Å². The van der Waals surface area contributed by atoms with Crippen molar-refractivity contribution in [1.82, 2.24) is 9.97 Å². The zero-order chi connectivity index (χ0) is 16.1. The lowest BCUT2D eigenvalue weighted by atomic mass is 10.2. The molecule has 1 aromatic heterocycles. The van der Waals surface area contributed by atoms with Gasteiger partial charge in [0, 0.05) is 16.8 Å². The number of benzene rings is 1. The second-order valence-corrected chi connectivity index (χ2v) is 5.69. The summed E-state index contributed by atoms with van der Waals surface area (Å²) in [6, 6.07) is 7.26. The lowest BCUT2D eigenvalue weighted by molar-refractivity contribution is 0.102. The van der Waals surface area contributed by atoms with Crippen molar-refractivity contribution in [1.29, 1.82) is 0 Å². The molecule has 1 N–H and O–H groups in total. The van der Waals surface area contributed by atoms with Crippen molar-refractivity contribution >= 4 is 11.7 Å². The lowest BCUT2D eigenvalue weighted by Gasteiger charge is -2.10. The van der Waals surface area contributed by atoms with E-state index in [2.05, 4.69) is 22.2 Å². The average molecular weight is 311 g/mol. The summed E-state index contributed by atoms with van der Waals surface area (Å²) in [6.45, 7) is 2.79. The van der Waals surface area contributed by atoms with Crippen LogP contribution in [0.1, 0.15) is 47.8 Å². The number of hydrogen-bond donors (Lipinski definition) is 1. The molecule has 0 unspecified atom stereocenters. The lowest BCUT2D eigenvalue weighted by Crippen LogP contribution is -2.15. The molecule has 1 aliphatic rings. The molecule has 0 saturated carbocycles. The van der Waals surface area contributed by atoms with E-state index in [0.29, 0.717) is 18.0 Å². The van der Waals surface area contributed by atoms with Gasteiger partial charge in [-0.05, 0) is 43.9 Å². The van der Waals surface area contributed by atoms with Crippen molar-refractivity contribution in [3.05, 3.63) is 47.4 Å². The van der Waals surface area contributed by atoms with Crippen molar-refractivity contribution in [3.63, 3.8) is 0 Å². The molecule has 0 saturated heterocycles. The van der Waals surface area contributed by atoms with Crippen LogP contribution in [0.3, 0.4) is 0 Å². The number of aromatic nitrogens is 2. The van der Waals surface area contributed by atoms with Crippen molar-refractivity contribution in [2.45, 2.75) is 39.0 Å². The standard InChI is InChI=1S/C18H21N3O2/c1-2-3-10-23-14-7-4-6-13(11-14)18(22)21-17-15-8-5-9-16(15)19-12-20-17/h4,6-7,11-12H,2-3,5,8-10H2,1H3,(H,19,20,21,22). The number of carbonyl (C=O) groups is 1. The number of nitrogens with one attached hydrogen (secondary N) is 1. The molecule has 0 fully saturated rings. The quantitative estimate of drug-likeness (QED) is 0.831. The molecule has 1 aromatic carbocycles. The molecule has 0 radical (unpaired) electrons. The molecule has 1 aliphatic carbocycles. The van der Waals surface area contributed by atoms with Crippen LogP contribution in [0.5, 0.6) is 5.75 Å². The highest BCUT2D eigenvalue weighted by atomic mass is 16.5. The van der Waals surface area contributed by atoms with Gasteiger partial charge in [-0.3, -0.25) is 4.79 Å². The molecule has 23 heavy (non-hydrogen) atoms. The zero-order valence-corrected chi connectivity index (χ0v) is 13.3. The number of carbonyl (C=O) groups excluding carboxylic acids is 1. The van der Waals surface area contributed by atoms with Crippen LogP contribution in [0.4, 0.5) is 5.82 Å². The van der Waals surface area contributed by atoms with Crippen molar-refractivity contribution in [2.75, 3.05) is 11.9 Å². The van der Waals surface area contributed by atoms with Gasteiger partial charge in [0.25, 0.3) is 5.91 Å². The van der Waals surface area contributed by atoms with Crippen LogP contribution in [-0.4, -0.2) is 22.5 Å². The number of rotatable bonds is 6. The van der Waals surface area contributed by atoms with Crippen LogP contribution in [0.15, 0.2) is 30.6 Å². The van der Waals surface area contributed by atoms with Gasteiger partial charge >= 0.3 is 0 Å². The van der Waals surface area contributed by atoms with E-state index in [4.69, 9.17) is 4.74 Å². The molecule has 1 amide bonds. The van der Waals surface area contributed by atoms with E-state index in [1.54, 1.807) is 12.1 Å². The summed E-state index contributed by atoms with van der Waals surface area (Å²) in [5.74, 6) is 1.19. The van der Waals surface area contributed by atoms with Gasteiger partial charge in [0.05, 0.1) is 6.61 Å². The second kappa shape index (κ2) is 7.22. The Balaban J connectivity index is 1.71. The van der Waals surface area contributed by atoms with E-state index in [1.807, 2.05) is 12.1 Å². The maximum absolute atomic E-state index is 12.5. The number of nitrogens with zero attached hydrogens (tertiary/aromatic N) is 2. The van der Waals surface area contributed by atoms with E-state index >= 15 is 0 Å². The molecule has 0 atom stereocenters. The molecular formula is C18H21N3O2. The number of amides is 1. The fourth-order valence-corrected chi connectivity index (χ4v) is 2.71. The summed E-state index contributed by atoms with van der Waals surface area (Å²) in [5, 5.41) is 2.91. The molecule has 5 nitrogen and oxygen atoms in total. The normalized spacial score (nSPS) is 12.7. The number of aryl methyl sites for hydroxylation is 1. The minimum Gasteiger partial charge on any atom is -0.494 e. The first-order valence-electron chi connectivity index (χ1n) is 8.15. The molecule has 0 spiro atoms. The van der Waals surface area contributed by atoms with Crippen LogP contribution >= 0.6 is 0 Å². The van der Waals surface area contributed by atoms with Crippen LogP contribution < -0.4 is 10.1 Å². The highest BCUT2D eigenvalue weighted by molar-refractivity contribution is 6.04. The minimum absolute atomic E-state index is 0.168. The van der Waals surface area contributed by atoms with Gasteiger partial charge in [-0.15, -0.1) is 0 Å². The molecule has 0 aliphatic heterocycles. The first-order valence-corrected chi connectivity index (χ1v) is 8.15. The maximum atomic E-state index is 12.5. The Labute approximate surface area is 136 Å². The number of anilines is 1. The fraction of sp³-hybridized carbons (Fsp3) is 0.389. The largest absolute Gasteiger partial charge is 0.494 e. The van der Waals surface area contributed by atoms with Crippen molar-refractivity contribution in [3.8, 4) is 5.75 Å². The van der Waals surface area contributed by atoms with Crippen LogP contribution in [0.2, 0.25) is 0 Å². The SMILES string of the molecule is CCCCOc1cccc(C(=O)Nc2ncnc3c2CCC3)c1. The summed E-state index contributed by atoms with van der Waals surface area (Å²) in [4.78, 5) is 21.0. The Morgan fingerprint density at radius 1 is 1.30 bits per heavy atom. The molecule has 5 heteroatoms. The Hall–Kier alpha value is -2.43. The first kappa shape index (κ1) is 15.5. The van der Waals surface area contributed by atoms with Crippen LogP contribution in [0, 0.1) is 0 Å². The Morgan fingerprint density at radius 3 is 3.09 bits per heavy atom. The van der Waals surface area contributed by atoms with E-state index in [0.717, 1.165) is 49.1 Å². The van der Waals surface area contributed by atoms with E-state index < -0.39 is 0 Å². The molecule has 1 heterocycles. The van der Waals surface area contributed by atoms with E-state index in [9.17, 15) is 4.79 Å². The molecule has 2 aromatic rings. The van der Waals surface area contributed by atoms with Crippen molar-refractivity contribution < 1.29 is 9.53 Å². The monoisotopic (exact) mass is 311 g/mol. The number of fused-ring (bicyclic) bond motifs is 1. The summed E-state index contributed by atoms with van der Waals surface area (Å²) in [5.41, 5.74) is 2.69. The fourth-order valence-electron chi connectivity index (χ4n) is 2.71.